The molecule has 0 aliphatic heterocycles. The molecule has 0 amide bonds. The summed E-state index contributed by atoms with van der Waals surface area (Å²) >= 11 is 0. The Morgan fingerprint density at radius 1 is 1.07 bits per heavy atom. The van der Waals surface area contributed by atoms with Crippen molar-refractivity contribution in [1.29, 1.82) is 0 Å². The van der Waals surface area contributed by atoms with Crippen LogP contribution in [0.2, 0.25) is 0 Å². The van der Waals surface area contributed by atoms with Crippen molar-refractivity contribution in [2.24, 2.45) is 0 Å². The van der Waals surface area contributed by atoms with Gasteiger partial charge in [-0.05, 0) is 43.2 Å². The molecule has 7 heteroatoms. The van der Waals surface area contributed by atoms with E-state index in [1.54, 1.807) is 19.2 Å². The molecule has 0 saturated carbocycles. The third kappa shape index (κ3) is 4.66. The van der Waals surface area contributed by atoms with E-state index in [0.29, 0.717) is 23.0 Å². The van der Waals surface area contributed by atoms with Crippen molar-refractivity contribution in [3.8, 4) is 11.5 Å². The summed E-state index contributed by atoms with van der Waals surface area (Å²) in [6.07, 6.45) is 2.34. The van der Waals surface area contributed by atoms with Gasteiger partial charge in [-0.2, -0.15) is 4.98 Å². The number of benzene rings is 2. The Morgan fingerprint density at radius 2 is 1.82 bits per heavy atom. The third-order valence-corrected chi connectivity index (χ3v) is 6.42. The summed E-state index contributed by atoms with van der Waals surface area (Å²) in [7, 11) is -1.98. The monoisotopic (exact) mass is 399 g/mol. The minimum atomic E-state index is -3.54. The molecule has 0 saturated heterocycles. The first-order valence-corrected chi connectivity index (χ1v) is 10.8. The van der Waals surface area contributed by atoms with Crippen LogP contribution in [0.3, 0.4) is 0 Å². The quantitative estimate of drug-likeness (QED) is 0.575. The van der Waals surface area contributed by atoms with E-state index >= 15 is 0 Å². The predicted molar refractivity (Wildman–Crippen MR) is 108 cm³/mol. The molecule has 0 unspecified atom stereocenters. The predicted octanol–water partition coefficient (Wildman–Crippen LogP) is 3.86. The average Bonchev–Trinajstić information content (AvgIpc) is 3.16. The summed E-state index contributed by atoms with van der Waals surface area (Å²) < 4.78 is 32.1. The van der Waals surface area contributed by atoms with Crippen LogP contribution in [0.5, 0.6) is 0 Å². The smallest absolute Gasteiger partial charge is 0.257 e. The van der Waals surface area contributed by atoms with Crippen LogP contribution in [0, 0.1) is 6.92 Å². The Kier molecular flexibility index (Phi) is 6.26. The van der Waals surface area contributed by atoms with Gasteiger partial charge in [0.25, 0.3) is 5.89 Å². The van der Waals surface area contributed by atoms with Crippen LogP contribution in [0.25, 0.3) is 11.5 Å². The molecule has 0 spiro atoms. The van der Waals surface area contributed by atoms with E-state index in [9.17, 15) is 8.42 Å². The van der Waals surface area contributed by atoms with Gasteiger partial charge in [-0.15, -0.1) is 0 Å². The van der Waals surface area contributed by atoms with E-state index in [0.717, 1.165) is 29.5 Å². The lowest BCUT2D eigenvalue weighted by Gasteiger charge is -2.16. The topological polar surface area (TPSA) is 76.3 Å². The number of rotatable bonds is 8. The summed E-state index contributed by atoms with van der Waals surface area (Å²) in [5.74, 6) is 0.924. The highest BCUT2D eigenvalue weighted by molar-refractivity contribution is 7.89. The van der Waals surface area contributed by atoms with E-state index < -0.39 is 10.0 Å². The molecule has 0 aliphatic rings. The highest BCUT2D eigenvalue weighted by atomic mass is 32.2. The first kappa shape index (κ1) is 20.2. The van der Waals surface area contributed by atoms with Gasteiger partial charge in [0.05, 0.1) is 4.90 Å². The zero-order valence-electron chi connectivity index (χ0n) is 16.4. The minimum Gasteiger partial charge on any atom is -0.334 e. The molecule has 0 bridgehead atoms. The number of likely N-dealkylation sites (N-methyl/N-ethyl adjacent to an activating group) is 1. The SMILES string of the molecule is CCCc1ccc(S(=O)(=O)N(C)CCc2noc(-c3cccc(C)c3)n2)cc1. The molecule has 3 rings (SSSR count). The van der Waals surface area contributed by atoms with Gasteiger partial charge in [0, 0.05) is 25.6 Å². The van der Waals surface area contributed by atoms with Crippen molar-refractivity contribution in [3.63, 3.8) is 0 Å². The fourth-order valence-electron chi connectivity index (χ4n) is 2.93. The van der Waals surface area contributed by atoms with Gasteiger partial charge in [0.2, 0.25) is 10.0 Å². The normalized spacial score (nSPS) is 11.9. The Balaban J connectivity index is 1.65. The second kappa shape index (κ2) is 8.67. The molecule has 148 valence electrons. The van der Waals surface area contributed by atoms with Crippen molar-refractivity contribution in [2.45, 2.75) is 38.0 Å². The molecular formula is C21H25N3O3S. The van der Waals surface area contributed by atoms with Crippen LogP contribution >= 0.6 is 0 Å². The standard InChI is InChI=1S/C21H25N3O3S/c1-4-6-17-9-11-19(12-10-17)28(25,26)24(3)14-13-20-22-21(27-23-20)18-8-5-7-16(2)15-18/h5,7-12,15H,4,6,13-14H2,1-3H3. The van der Waals surface area contributed by atoms with Crippen molar-refractivity contribution in [3.05, 3.63) is 65.5 Å². The van der Waals surface area contributed by atoms with Crippen molar-refractivity contribution < 1.29 is 12.9 Å². The van der Waals surface area contributed by atoms with Gasteiger partial charge in [-0.25, -0.2) is 12.7 Å². The fourth-order valence-corrected chi connectivity index (χ4v) is 4.10. The maximum absolute atomic E-state index is 12.7. The van der Waals surface area contributed by atoms with Gasteiger partial charge in [0.1, 0.15) is 0 Å². The lowest BCUT2D eigenvalue weighted by atomic mass is 10.1. The number of sulfonamides is 1. The van der Waals surface area contributed by atoms with Crippen LogP contribution < -0.4 is 0 Å². The summed E-state index contributed by atoms with van der Waals surface area (Å²) in [6, 6.07) is 14.9. The van der Waals surface area contributed by atoms with Gasteiger partial charge in [0.15, 0.2) is 5.82 Å². The fraction of sp³-hybridized carbons (Fsp3) is 0.333. The van der Waals surface area contributed by atoms with Gasteiger partial charge in [-0.3, -0.25) is 0 Å². The molecule has 2 aromatic carbocycles. The zero-order chi connectivity index (χ0) is 20.1. The van der Waals surface area contributed by atoms with Gasteiger partial charge >= 0.3 is 0 Å². The molecule has 3 aromatic rings. The van der Waals surface area contributed by atoms with E-state index in [1.165, 1.54) is 4.31 Å². The second-order valence-electron chi connectivity index (χ2n) is 6.86. The molecular weight excluding hydrogens is 374 g/mol. The molecule has 0 atom stereocenters. The molecule has 0 aliphatic carbocycles. The summed E-state index contributed by atoms with van der Waals surface area (Å²) in [5, 5.41) is 3.97. The van der Waals surface area contributed by atoms with E-state index in [-0.39, 0.29) is 6.54 Å². The van der Waals surface area contributed by atoms with Crippen molar-refractivity contribution in [1.82, 2.24) is 14.4 Å². The van der Waals surface area contributed by atoms with Crippen LogP contribution in [-0.2, 0) is 22.9 Å². The summed E-state index contributed by atoms with van der Waals surface area (Å²) in [6.45, 7) is 4.36. The lowest BCUT2D eigenvalue weighted by molar-refractivity contribution is 0.415. The van der Waals surface area contributed by atoms with Crippen LogP contribution in [-0.4, -0.2) is 36.5 Å². The molecule has 28 heavy (non-hydrogen) atoms. The molecule has 0 fully saturated rings. The second-order valence-corrected chi connectivity index (χ2v) is 8.90. The maximum atomic E-state index is 12.7. The molecule has 0 N–H and O–H groups in total. The van der Waals surface area contributed by atoms with Crippen LogP contribution in [0.15, 0.2) is 57.9 Å². The Hall–Kier alpha value is -2.51. The number of aryl methyl sites for hydroxylation is 2. The largest absolute Gasteiger partial charge is 0.334 e. The first-order chi connectivity index (χ1) is 13.4. The Morgan fingerprint density at radius 3 is 2.50 bits per heavy atom. The lowest BCUT2D eigenvalue weighted by Crippen LogP contribution is -2.29. The van der Waals surface area contributed by atoms with E-state index in [1.807, 2.05) is 43.3 Å². The highest BCUT2D eigenvalue weighted by Gasteiger charge is 2.21. The molecule has 1 heterocycles. The third-order valence-electron chi connectivity index (χ3n) is 4.55. The van der Waals surface area contributed by atoms with Gasteiger partial charge < -0.3 is 4.52 Å². The van der Waals surface area contributed by atoms with Gasteiger partial charge in [-0.1, -0.05) is 48.3 Å². The molecule has 6 nitrogen and oxygen atoms in total. The number of aromatic nitrogens is 2. The van der Waals surface area contributed by atoms with Crippen molar-refractivity contribution in [2.75, 3.05) is 13.6 Å². The number of nitrogens with zero attached hydrogens (tertiary/aromatic N) is 3. The Labute approximate surface area is 166 Å². The Bertz CT molecular complexity index is 1030. The highest BCUT2D eigenvalue weighted by Crippen LogP contribution is 2.19. The van der Waals surface area contributed by atoms with E-state index in [4.69, 9.17) is 4.52 Å². The average molecular weight is 400 g/mol. The first-order valence-electron chi connectivity index (χ1n) is 9.35. The molecule has 1 aromatic heterocycles. The zero-order valence-corrected chi connectivity index (χ0v) is 17.2. The minimum absolute atomic E-state index is 0.270. The van der Waals surface area contributed by atoms with Crippen molar-refractivity contribution >= 4 is 10.0 Å². The van der Waals surface area contributed by atoms with E-state index in [2.05, 4.69) is 17.1 Å². The number of hydrogen-bond donors (Lipinski definition) is 0. The molecule has 0 radical (unpaired) electrons. The number of hydrogen-bond acceptors (Lipinski definition) is 5. The summed E-state index contributed by atoms with van der Waals surface area (Å²) in [5.41, 5.74) is 3.10. The van der Waals surface area contributed by atoms with Crippen LogP contribution in [0.1, 0.15) is 30.3 Å². The van der Waals surface area contributed by atoms with Crippen LogP contribution in [0.4, 0.5) is 0 Å². The maximum Gasteiger partial charge on any atom is 0.257 e. The summed E-state index contributed by atoms with van der Waals surface area (Å²) in [4.78, 5) is 4.68.